The van der Waals surface area contributed by atoms with Crippen LogP contribution in [0, 0.1) is 22.7 Å². The van der Waals surface area contributed by atoms with Gasteiger partial charge < -0.3 is 16.4 Å². The SMILES string of the molecule is C=N/C=C(\C=NCCc1c(CNC)sc(NC)c1C#N)C(C=CN)=NCC#N. The van der Waals surface area contributed by atoms with Crippen LogP contribution in [0.25, 0.3) is 0 Å². The number of nitrogens with two attached hydrogens (primary N) is 1. The van der Waals surface area contributed by atoms with E-state index >= 15 is 0 Å². The molecular formula is C19H24N8S. The number of nitriles is 2. The van der Waals surface area contributed by atoms with E-state index in [2.05, 4.69) is 38.4 Å². The molecule has 0 spiro atoms. The summed E-state index contributed by atoms with van der Waals surface area (Å²) in [5.74, 6) is 0. The van der Waals surface area contributed by atoms with Crippen LogP contribution in [0.3, 0.4) is 0 Å². The highest BCUT2D eigenvalue weighted by molar-refractivity contribution is 7.16. The van der Waals surface area contributed by atoms with E-state index in [0.29, 0.717) is 36.4 Å². The molecule has 0 atom stereocenters. The zero-order valence-corrected chi connectivity index (χ0v) is 16.9. The van der Waals surface area contributed by atoms with Crippen LogP contribution in [0.4, 0.5) is 5.00 Å². The van der Waals surface area contributed by atoms with Gasteiger partial charge in [0.2, 0.25) is 0 Å². The van der Waals surface area contributed by atoms with Crippen molar-refractivity contribution in [2.75, 3.05) is 32.5 Å². The Morgan fingerprint density at radius 2 is 2.14 bits per heavy atom. The summed E-state index contributed by atoms with van der Waals surface area (Å²) in [5.41, 5.74) is 8.22. The molecule has 0 aliphatic carbocycles. The van der Waals surface area contributed by atoms with Gasteiger partial charge in [0, 0.05) is 43.0 Å². The fourth-order valence-corrected chi connectivity index (χ4v) is 3.59. The molecule has 0 radical (unpaired) electrons. The molecule has 0 amide bonds. The third kappa shape index (κ3) is 6.47. The Labute approximate surface area is 169 Å². The lowest BCUT2D eigenvalue weighted by molar-refractivity contribution is 0.815. The minimum atomic E-state index is 0.00258. The van der Waals surface area contributed by atoms with Gasteiger partial charge in [-0.25, -0.2) is 0 Å². The monoisotopic (exact) mass is 396 g/mol. The van der Waals surface area contributed by atoms with E-state index in [1.165, 1.54) is 12.4 Å². The molecule has 4 N–H and O–H groups in total. The van der Waals surface area contributed by atoms with E-state index in [0.717, 1.165) is 15.4 Å². The highest BCUT2D eigenvalue weighted by atomic mass is 32.1. The van der Waals surface area contributed by atoms with Gasteiger partial charge in [0.15, 0.2) is 0 Å². The minimum absolute atomic E-state index is 0.00258. The Morgan fingerprint density at radius 1 is 1.36 bits per heavy atom. The van der Waals surface area contributed by atoms with Crippen LogP contribution in [0.5, 0.6) is 0 Å². The molecule has 28 heavy (non-hydrogen) atoms. The second-order valence-corrected chi connectivity index (χ2v) is 6.48. The largest absolute Gasteiger partial charge is 0.405 e. The third-order valence-electron chi connectivity index (χ3n) is 3.59. The summed E-state index contributed by atoms with van der Waals surface area (Å²) in [6.45, 7) is 4.63. The molecule has 0 unspecified atom stereocenters. The smallest absolute Gasteiger partial charge is 0.126 e. The molecule has 1 heterocycles. The average Bonchev–Trinajstić information content (AvgIpc) is 3.04. The van der Waals surface area contributed by atoms with Crippen molar-refractivity contribution < 1.29 is 0 Å². The van der Waals surface area contributed by atoms with Crippen LogP contribution in [0.2, 0.25) is 0 Å². The number of anilines is 1. The topological polar surface area (TPSA) is 135 Å². The van der Waals surface area contributed by atoms with Crippen molar-refractivity contribution in [2.45, 2.75) is 13.0 Å². The molecule has 0 bridgehead atoms. The molecule has 1 aromatic heterocycles. The van der Waals surface area contributed by atoms with Crippen molar-refractivity contribution in [1.82, 2.24) is 5.32 Å². The predicted octanol–water partition coefficient (Wildman–Crippen LogP) is 2.02. The van der Waals surface area contributed by atoms with E-state index < -0.39 is 0 Å². The van der Waals surface area contributed by atoms with E-state index in [4.69, 9.17) is 11.0 Å². The van der Waals surface area contributed by atoms with Crippen LogP contribution >= 0.6 is 11.3 Å². The van der Waals surface area contributed by atoms with E-state index in [9.17, 15) is 5.26 Å². The van der Waals surface area contributed by atoms with Crippen molar-refractivity contribution in [3.8, 4) is 12.1 Å². The zero-order chi connectivity index (χ0) is 20.8. The van der Waals surface area contributed by atoms with Gasteiger partial charge in [-0.15, -0.1) is 11.3 Å². The maximum absolute atomic E-state index is 9.51. The molecular weight excluding hydrogens is 372 g/mol. The van der Waals surface area contributed by atoms with Crippen molar-refractivity contribution in [3.63, 3.8) is 0 Å². The highest BCUT2D eigenvalue weighted by Crippen LogP contribution is 2.33. The van der Waals surface area contributed by atoms with Gasteiger partial charge in [-0.2, -0.15) is 10.5 Å². The van der Waals surface area contributed by atoms with Gasteiger partial charge in [0.1, 0.15) is 17.6 Å². The van der Waals surface area contributed by atoms with Crippen LogP contribution in [-0.2, 0) is 13.0 Å². The number of rotatable bonds is 11. The lowest BCUT2D eigenvalue weighted by Gasteiger charge is -2.03. The first-order valence-electron chi connectivity index (χ1n) is 8.49. The third-order valence-corrected chi connectivity index (χ3v) is 4.84. The number of hydrogen-bond acceptors (Lipinski definition) is 9. The van der Waals surface area contributed by atoms with Crippen LogP contribution in [0.15, 0.2) is 39.0 Å². The van der Waals surface area contributed by atoms with Gasteiger partial charge >= 0.3 is 0 Å². The zero-order valence-electron chi connectivity index (χ0n) is 16.1. The van der Waals surface area contributed by atoms with Crippen molar-refractivity contribution in [3.05, 3.63) is 40.1 Å². The molecule has 9 heteroatoms. The first-order chi connectivity index (χ1) is 13.7. The Hall–Kier alpha value is -3.27. The summed E-state index contributed by atoms with van der Waals surface area (Å²) in [6.07, 6.45) is 6.68. The van der Waals surface area contributed by atoms with E-state index in [-0.39, 0.29) is 6.54 Å². The molecule has 0 saturated heterocycles. The van der Waals surface area contributed by atoms with E-state index in [1.807, 2.05) is 20.2 Å². The lowest BCUT2D eigenvalue weighted by atomic mass is 10.1. The predicted molar refractivity (Wildman–Crippen MR) is 117 cm³/mol. The quantitative estimate of drug-likeness (QED) is 0.388. The Balaban J connectivity index is 3.02. The molecule has 146 valence electrons. The fourth-order valence-electron chi connectivity index (χ4n) is 2.43. The van der Waals surface area contributed by atoms with Crippen molar-refractivity contribution in [2.24, 2.45) is 20.7 Å². The van der Waals surface area contributed by atoms with Crippen LogP contribution < -0.4 is 16.4 Å². The maximum Gasteiger partial charge on any atom is 0.126 e. The van der Waals surface area contributed by atoms with Crippen LogP contribution in [-0.4, -0.2) is 45.8 Å². The molecule has 0 saturated carbocycles. The number of hydrogen-bond donors (Lipinski definition) is 3. The summed E-state index contributed by atoms with van der Waals surface area (Å²) in [7, 11) is 3.68. The summed E-state index contributed by atoms with van der Waals surface area (Å²) in [4.78, 5) is 13.5. The normalized spacial score (nSPS) is 12.3. The summed E-state index contributed by atoms with van der Waals surface area (Å²) >= 11 is 1.57. The second-order valence-electron chi connectivity index (χ2n) is 5.37. The Bertz CT molecular complexity index is 862. The summed E-state index contributed by atoms with van der Waals surface area (Å²) < 4.78 is 0. The maximum atomic E-state index is 9.51. The molecule has 0 aromatic carbocycles. The minimum Gasteiger partial charge on any atom is -0.405 e. The van der Waals surface area contributed by atoms with Gasteiger partial charge in [-0.3, -0.25) is 15.0 Å². The molecule has 1 rings (SSSR count). The molecule has 0 aliphatic heterocycles. The standard InChI is InChI=1S/C19H24N8S/c1-23-11-14(17(4-6-20)27-9-7-21)12-26-8-5-15-16(10-22)19(25-3)28-18(15)13-24-2/h4,6,11-12,24-25H,1,5,8-9,13,20H2,2-3H3/b6-4?,14-11+,26-12?,27-17?. The number of allylic oxidation sites excluding steroid dienone is 2. The van der Waals surface area contributed by atoms with Gasteiger partial charge in [0.05, 0.1) is 17.3 Å². The number of nitrogens with one attached hydrogen (secondary N) is 2. The van der Waals surface area contributed by atoms with Gasteiger partial charge in [-0.1, -0.05) is 0 Å². The number of nitrogens with zero attached hydrogens (tertiary/aromatic N) is 5. The van der Waals surface area contributed by atoms with Crippen LogP contribution in [0.1, 0.15) is 16.0 Å². The molecule has 0 fully saturated rings. The number of aliphatic imine (C=N–C) groups is 3. The van der Waals surface area contributed by atoms with Crippen molar-refractivity contribution >= 4 is 35.0 Å². The molecule has 0 aliphatic rings. The van der Waals surface area contributed by atoms with E-state index in [1.54, 1.807) is 23.6 Å². The highest BCUT2D eigenvalue weighted by Gasteiger charge is 2.16. The molecule has 8 nitrogen and oxygen atoms in total. The average molecular weight is 397 g/mol. The summed E-state index contributed by atoms with van der Waals surface area (Å²) in [5, 5.41) is 25.3. The fraction of sp³-hybridized carbons (Fsp3) is 0.316. The Morgan fingerprint density at radius 3 is 2.71 bits per heavy atom. The number of thiophene rings is 1. The first kappa shape index (κ1) is 22.8. The molecule has 1 aromatic rings. The lowest BCUT2D eigenvalue weighted by Crippen LogP contribution is -2.07. The van der Waals surface area contributed by atoms with Gasteiger partial charge in [-0.05, 0) is 38.0 Å². The Kier molecular flexibility index (Phi) is 10.6. The first-order valence-corrected chi connectivity index (χ1v) is 9.31. The van der Waals surface area contributed by atoms with Gasteiger partial charge in [0.25, 0.3) is 0 Å². The summed E-state index contributed by atoms with van der Waals surface area (Å²) in [6, 6.07) is 4.24. The van der Waals surface area contributed by atoms with Crippen molar-refractivity contribution in [1.29, 1.82) is 10.5 Å². The second kappa shape index (κ2) is 13.0.